The number of ether oxygens (including phenoxy) is 1. The highest BCUT2D eigenvalue weighted by Crippen LogP contribution is 2.47. The Kier molecular flexibility index (Phi) is 6.12. The lowest BCUT2D eigenvalue weighted by atomic mass is 9.87. The van der Waals surface area contributed by atoms with Gasteiger partial charge in [-0.25, -0.2) is 19.7 Å². The maximum atomic E-state index is 12.8. The predicted molar refractivity (Wildman–Crippen MR) is 135 cm³/mol. The summed E-state index contributed by atoms with van der Waals surface area (Å²) >= 11 is 0. The first kappa shape index (κ1) is 24.7. The second-order valence-corrected chi connectivity index (χ2v) is 11.3. The average Bonchev–Trinajstić information content (AvgIpc) is 3.05. The molecule has 4 rings (SSSR count). The van der Waals surface area contributed by atoms with E-state index >= 15 is 0 Å². The van der Waals surface area contributed by atoms with Gasteiger partial charge in [-0.3, -0.25) is 0 Å². The van der Waals surface area contributed by atoms with Gasteiger partial charge in [0, 0.05) is 48.9 Å². The number of rotatable bonds is 2. The SMILES string of the molecule is Cc1cc(N2CC(C)(C)c3c2ncnc3N2C[C@@H](C)N(C(=O)OC(C)(C)C)C[C@@H]2C)ncc1C#N. The molecule has 0 spiro atoms. The van der Waals surface area contributed by atoms with Crippen molar-refractivity contribution in [1.82, 2.24) is 19.9 Å². The molecule has 9 nitrogen and oxygen atoms in total. The molecule has 2 aliphatic rings. The van der Waals surface area contributed by atoms with Crippen molar-refractivity contribution in [1.29, 1.82) is 5.26 Å². The predicted octanol–water partition coefficient (Wildman–Crippen LogP) is 4.32. The zero-order valence-electron chi connectivity index (χ0n) is 22.0. The Bertz CT molecular complexity index is 1180. The summed E-state index contributed by atoms with van der Waals surface area (Å²) in [6.45, 7) is 18.0. The zero-order valence-corrected chi connectivity index (χ0v) is 22.0. The van der Waals surface area contributed by atoms with E-state index in [1.165, 1.54) is 0 Å². The van der Waals surface area contributed by atoms with E-state index in [0.717, 1.165) is 28.6 Å². The van der Waals surface area contributed by atoms with Gasteiger partial charge in [0.25, 0.3) is 0 Å². The molecule has 1 fully saturated rings. The third-order valence-electron chi connectivity index (χ3n) is 6.67. The van der Waals surface area contributed by atoms with Crippen molar-refractivity contribution < 1.29 is 9.53 Å². The molecule has 0 aliphatic carbocycles. The lowest BCUT2D eigenvalue weighted by Crippen LogP contribution is -2.59. The smallest absolute Gasteiger partial charge is 0.410 e. The van der Waals surface area contributed by atoms with Crippen LogP contribution in [0, 0.1) is 18.3 Å². The van der Waals surface area contributed by atoms with Crippen LogP contribution in [0.15, 0.2) is 18.6 Å². The highest BCUT2D eigenvalue weighted by atomic mass is 16.6. The minimum absolute atomic E-state index is 0.0323. The number of pyridine rings is 1. The second kappa shape index (κ2) is 8.67. The number of nitriles is 1. The standard InChI is InChI=1S/C26H35N7O2/c1-16-9-20(28-11-19(16)10-27)33-14-26(7,8)21-22(29-15-30-23(21)33)31-12-18(3)32(13-17(31)2)24(34)35-25(4,5)6/h9,11,15,17-18H,12-14H2,1-8H3/t17-,18+/m0/s1. The Morgan fingerprint density at radius 1 is 1.14 bits per heavy atom. The molecule has 4 heterocycles. The topological polar surface area (TPSA) is 98.5 Å². The summed E-state index contributed by atoms with van der Waals surface area (Å²) in [5.74, 6) is 2.51. The summed E-state index contributed by atoms with van der Waals surface area (Å²) < 4.78 is 5.64. The van der Waals surface area contributed by atoms with Gasteiger partial charge < -0.3 is 19.4 Å². The van der Waals surface area contributed by atoms with Gasteiger partial charge in [-0.2, -0.15) is 5.26 Å². The largest absolute Gasteiger partial charge is 0.444 e. The average molecular weight is 478 g/mol. The van der Waals surface area contributed by atoms with Gasteiger partial charge in [-0.15, -0.1) is 0 Å². The highest BCUT2D eigenvalue weighted by molar-refractivity contribution is 5.74. The molecule has 0 radical (unpaired) electrons. The zero-order chi connectivity index (χ0) is 25.7. The number of amides is 1. The number of piperazine rings is 1. The van der Waals surface area contributed by atoms with Crippen LogP contribution in [-0.2, 0) is 10.2 Å². The molecule has 35 heavy (non-hydrogen) atoms. The Morgan fingerprint density at radius 3 is 2.46 bits per heavy atom. The highest BCUT2D eigenvalue weighted by Gasteiger charge is 2.44. The van der Waals surface area contributed by atoms with E-state index in [4.69, 9.17) is 9.72 Å². The lowest BCUT2D eigenvalue weighted by Gasteiger charge is -2.45. The first-order chi connectivity index (χ1) is 16.3. The number of aromatic nitrogens is 3. The molecule has 0 N–H and O–H groups in total. The third-order valence-corrected chi connectivity index (χ3v) is 6.67. The summed E-state index contributed by atoms with van der Waals surface area (Å²) in [7, 11) is 0. The minimum atomic E-state index is -0.532. The maximum Gasteiger partial charge on any atom is 0.410 e. The number of fused-ring (bicyclic) bond motifs is 1. The Hall–Kier alpha value is -3.41. The molecule has 2 aliphatic heterocycles. The van der Waals surface area contributed by atoms with Crippen molar-refractivity contribution in [3.05, 3.63) is 35.3 Å². The van der Waals surface area contributed by atoms with Gasteiger partial charge in [0.05, 0.1) is 5.56 Å². The molecule has 186 valence electrons. The Balaban J connectivity index is 1.67. The van der Waals surface area contributed by atoms with E-state index < -0.39 is 5.60 Å². The van der Waals surface area contributed by atoms with Crippen molar-refractivity contribution in [3.63, 3.8) is 0 Å². The molecule has 2 aromatic rings. The van der Waals surface area contributed by atoms with Crippen LogP contribution in [0.3, 0.4) is 0 Å². The molecular weight excluding hydrogens is 442 g/mol. The van der Waals surface area contributed by atoms with Crippen LogP contribution in [0.25, 0.3) is 0 Å². The molecular formula is C26H35N7O2. The monoisotopic (exact) mass is 477 g/mol. The molecule has 2 aromatic heterocycles. The lowest BCUT2D eigenvalue weighted by molar-refractivity contribution is 0.0129. The molecule has 0 aromatic carbocycles. The third kappa shape index (κ3) is 4.62. The molecule has 9 heteroatoms. The first-order valence-corrected chi connectivity index (χ1v) is 12.1. The second-order valence-electron chi connectivity index (χ2n) is 11.3. The molecule has 0 unspecified atom stereocenters. The van der Waals surface area contributed by atoms with E-state index in [2.05, 4.69) is 46.6 Å². The van der Waals surface area contributed by atoms with Crippen molar-refractivity contribution in [2.75, 3.05) is 29.4 Å². The fraction of sp³-hybridized carbons (Fsp3) is 0.577. The fourth-order valence-corrected chi connectivity index (χ4v) is 4.94. The summed E-state index contributed by atoms with van der Waals surface area (Å²) in [5.41, 5.74) is 1.78. The maximum absolute atomic E-state index is 12.8. The molecule has 1 amide bonds. The van der Waals surface area contributed by atoms with Gasteiger partial charge in [0.2, 0.25) is 0 Å². The number of hydrogen-bond acceptors (Lipinski definition) is 8. The van der Waals surface area contributed by atoms with Gasteiger partial charge in [-0.05, 0) is 53.2 Å². The summed E-state index contributed by atoms with van der Waals surface area (Å²) in [5, 5.41) is 9.29. The van der Waals surface area contributed by atoms with E-state index in [1.807, 2.05) is 45.6 Å². The number of anilines is 3. The number of nitrogens with zero attached hydrogens (tertiary/aromatic N) is 7. The normalized spacial score (nSPS) is 21.5. The Morgan fingerprint density at radius 2 is 1.83 bits per heavy atom. The van der Waals surface area contributed by atoms with Gasteiger partial charge in [0.1, 0.15) is 35.5 Å². The van der Waals surface area contributed by atoms with Crippen molar-refractivity contribution in [3.8, 4) is 6.07 Å². The number of aryl methyl sites for hydroxylation is 1. The number of carbonyl (C=O) groups is 1. The first-order valence-electron chi connectivity index (χ1n) is 12.1. The molecule has 1 saturated heterocycles. The van der Waals surface area contributed by atoms with E-state index in [-0.39, 0.29) is 23.6 Å². The van der Waals surface area contributed by atoms with Crippen LogP contribution in [0.5, 0.6) is 0 Å². The van der Waals surface area contributed by atoms with Crippen LogP contribution in [0.2, 0.25) is 0 Å². The quantitative estimate of drug-likeness (QED) is 0.631. The number of carbonyl (C=O) groups excluding carboxylic acids is 1. The van der Waals surface area contributed by atoms with Crippen molar-refractivity contribution >= 4 is 23.5 Å². The van der Waals surface area contributed by atoms with E-state index in [1.54, 1.807) is 12.5 Å². The molecule has 2 atom stereocenters. The van der Waals surface area contributed by atoms with Crippen LogP contribution >= 0.6 is 0 Å². The van der Waals surface area contributed by atoms with Gasteiger partial charge in [-0.1, -0.05) is 13.8 Å². The summed E-state index contributed by atoms with van der Waals surface area (Å²) in [6, 6.07) is 4.14. The minimum Gasteiger partial charge on any atom is -0.444 e. The Labute approximate surface area is 207 Å². The molecule has 0 saturated carbocycles. The van der Waals surface area contributed by atoms with Crippen LogP contribution in [0.1, 0.15) is 65.2 Å². The van der Waals surface area contributed by atoms with Crippen LogP contribution in [0.4, 0.5) is 22.2 Å². The number of hydrogen-bond donors (Lipinski definition) is 0. The summed E-state index contributed by atoms with van der Waals surface area (Å²) in [6.07, 6.45) is 2.95. The molecule has 0 bridgehead atoms. The van der Waals surface area contributed by atoms with Gasteiger partial charge >= 0.3 is 6.09 Å². The fourth-order valence-electron chi connectivity index (χ4n) is 4.94. The van der Waals surface area contributed by atoms with Crippen LogP contribution in [-0.4, -0.2) is 63.3 Å². The van der Waals surface area contributed by atoms with Crippen molar-refractivity contribution in [2.24, 2.45) is 0 Å². The van der Waals surface area contributed by atoms with E-state index in [9.17, 15) is 10.1 Å². The summed E-state index contributed by atoms with van der Waals surface area (Å²) in [4.78, 5) is 33.0. The van der Waals surface area contributed by atoms with Gasteiger partial charge in [0.15, 0.2) is 0 Å². The van der Waals surface area contributed by atoms with Crippen LogP contribution < -0.4 is 9.80 Å². The van der Waals surface area contributed by atoms with Crippen molar-refractivity contribution in [2.45, 2.75) is 78.5 Å². The van der Waals surface area contributed by atoms with E-state index in [0.29, 0.717) is 25.2 Å².